The van der Waals surface area contributed by atoms with Crippen molar-refractivity contribution in [2.24, 2.45) is 0 Å². The summed E-state index contributed by atoms with van der Waals surface area (Å²) in [5, 5.41) is 4.34. The number of hydrogen-bond donors (Lipinski definition) is 2. The molecule has 2 fully saturated rings. The molecule has 4 rings (SSSR count). The number of fused-ring (bicyclic) bond motifs is 1. The number of benzene rings is 1. The van der Waals surface area contributed by atoms with E-state index in [0.717, 1.165) is 36.2 Å². The van der Waals surface area contributed by atoms with Gasteiger partial charge in [-0.25, -0.2) is 0 Å². The first-order valence-corrected chi connectivity index (χ1v) is 8.97. The van der Waals surface area contributed by atoms with E-state index in [1.807, 2.05) is 24.4 Å². The molecule has 128 valence electrons. The van der Waals surface area contributed by atoms with Crippen LogP contribution in [0.1, 0.15) is 24.8 Å². The van der Waals surface area contributed by atoms with Crippen LogP contribution in [0.15, 0.2) is 30.5 Å². The topological polar surface area (TPSA) is 57.4 Å². The second-order valence-electron chi connectivity index (χ2n) is 6.91. The minimum Gasteiger partial charge on any atom is -0.378 e. The van der Waals surface area contributed by atoms with Crippen LogP contribution < -0.4 is 5.32 Å². The van der Waals surface area contributed by atoms with Crippen molar-refractivity contribution in [3.05, 3.63) is 36.0 Å². The number of nitrogens with zero attached hydrogens (tertiary/aromatic N) is 1. The summed E-state index contributed by atoms with van der Waals surface area (Å²) in [5.74, 6) is 0.0808. The first-order chi connectivity index (χ1) is 11.8. The SMILES string of the molecule is O=C(Cc1c[nH]c2ccccc12)N[C@H]1COC[C@@H]1N1CCCCC1. The average molecular weight is 327 g/mol. The molecule has 0 aliphatic carbocycles. The number of carbonyl (C=O) groups is 1. The van der Waals surface area contributed by atoms with Gasteiger partial charge in [0.2, 0.25) is 5.91 Å². The molecular weight excluding hydrogens is 302 g/mol. The molecule has 3 heterocycles. The summed E-state index contributed by atoms with van der Waals surface area (Å²) in [5.41, 5.74) is 2.13. The van der Waals surface area contributed by atoms with Crippen LogP contribution in [-0.2, 0) is 16.0 Å². The first kappa shape index (κ1) is 15.7. The second kappa shape index (κ2) is 6.95. The van der Waals surface area contributed by atoms with Gasteiger partial charge in [-0.2, -0.15) is 0 Å². The monoisotopic (exact) mass is 327 g/mol. The van der Waals surface area contributed by atoms with Crippen LogP contribution >= 0.6 is 0 Å². The van der Waals surface area contributed by atoms with E-state index < -0.39 is 0 Å². The summed E-state index contributed by atoms with van der Waals surface area (Å²) in [6.45, 7) is 3.62. The molecule has 2 aliphatic heterocycles. The number of para-hydroxylation sites is 1. The average Bonchev–Trinajstić information content (AvgIpc) is 3.23. The molecular formula is C19H25N3O2. The Balaban J connectivity index is 1.40. The molecule has 2 saturated heterocycles. The fourth-order valence-electron chi connectivity index (χ4n) is 4.00. The maximum absolute atomic E-state index is 12.5. The maximum Gasteiger partial charge on any atom is 0.224 e. The van der Waals surface area contributed by atoms with Crippen molar-refractivity contribution >= 4 is 16.8 Å². The fourth-order valence-corrected chi connectivity index (χ4v) is 4.00. The zero-order valence-electron chi connectivity index (χ0n) is 14.0. The highest BCUT2D eigenvalue weighted by Gasteiger charge is 2.34. The van der Waals surface area contributed by atoms with Crippen molar-refractivity contribution < 1.29 is 9.53 Å². The van der Waals surface area contributed by atoms with E-state index >= 15 is 0 Å². The predicted molar refractivity (Wildman–Crippen MR) is 94.0 cm³/mol. The zero-order valence-corrected chi connectivity index (χ0v) is 14.0. The molecule has 0 bridgehead atoms. The van der Waals surface area contributed by atoms with Crippen molar-refractivity contribution in [3.63, 3.8) is 0 Å². The number of carbonyl (C=O) groups excluding carboxylic acids is 1. The number of likely N-dealkylation sites (tertiary alicyclic amines) is 1. The van der Waals surface area contributed by atoms with Crippen LogP contribution in [0.5, 0.6) is 0 Å². The molecule has 0 spiro atoms. The normalized spacial score (nSPS) is 25.2. The highest BCUT2D eigenvalue weighted by atomic mass is 16.5. The van der Waals surface area contributed by atoms with Gasteiger partial charge in [-0.15, -0.1) is 0 Å². The second-order valence-corrected chi connectivity index (χ2v) is 6.91. The van der Waals surface area contributed by atoms with Gasteiger partial charge in [0.25, 0.3) is 0 Å². The van der Waals surface area contributed by atoms with E-state index in [1.54, 1.807) is 0 Å². The summed E-state index contributed by atoms with van der Waals surface area (Å²) in [7, 11) is 0. The summed E-state index contributed by atoms with van der Waals surface area (Å²) >= 11 is 0. The Morgan fingerprint density at radius 1 is 1.21 bits per heavy atom. The number of piperidine rings is 1. The van der Waals surface area contributed by atoms with Crippen LogP contribution in [0.4, 0.5) is 0 Å². The first-order valence-electron chi connectivity index (χ1n) is 8.97. The molecule has 2 N–H and O–H groups in total. The van der Waals surface area contributed by atoms with E-state index in [4.69, 9.17) is 4.74 Å². The number of aromatic nitrogens is 1. The number of ether oxygens (including phenoxy) is 1. The third-order valence-corrected chi connectivity index (χ3v) is 5.28. The molecule has 5 heteroatoms. The van der Waals surface area contributed by atoms with Gasteiger partial charge in [0.05, 0.1) is 31.7 Å². The molecule has 1 aromatic heterocycles. The smallest absolute Gasteiger partial charge is 0.224 e. The number of H-pyrrole nitrogens is 1. The number of aromatic amines is 1. The maximum atomic E-state index is 12.5. The van der Waals surface area contributed by atoms with Gasteiger partial charge >= 0.3 is 0 Å². The van der Waals surface area contributed by atoms with E-state index in [9.17, 15) is 4.79 Å². The van der Waals surface area contributed by atoms with Crippen LogP contribution in [0.3, 0.4) is 0 Å². The molecule has 2 aliphatic rings. The molecule has 0 unspecified atom stereocenters. The molecule has 24 heavy (non-hydrogen) atoms. The highest BCUT2D eigenvalue weighted by molar-refractivity contribution is 5.88. The van der Waals surface area contributed by atoms with Crippen molar-refractivity contribution in [2.75, 3.05) is 26.3 Å². The lowest BCUT2D eigenvalue weighted by Gasteiger charge is -2.34. The minimum absolute atomic E-state index is 0.0808. The number of rotatable bonds is 4. The van der Waals surface area contributed by atoms with Crippen molar-refractivity contribution in [3.8, 4) is 0 Å². The lowest BCUT2D eigenvalue weighted by molar-refractivity contribution is -0.121. The molecule has 2 atom stereocenters. The molecule has 1 aromatic carbocycles. The van der Waals surface area contributed by atoms with E-state index in [0.29, 0.717) is 19.1 Å². The Bertz CT molecular complexity index is 705. The van der Waals surface area contributed by atoms with Crippen molar-refractivity contribution in [1.82, 2.24) is 15.2 Å². The molecule has 2 aromatic rings. The summed E-state index contributed by atoms with van der Waals surface area (Å²) in [4.78, 5) is 18.3. The predicted octanol–water partition coefficient (Wildman–Crippen LogP) is 2.08. The minimum atomic E-state index is 0.0808. The Morgan fingerprint density at radius 2 is 2.04 bits per heavy atom. The summed E-state index contributed by atoms with van der Waals surface area (Å²) in [6.07, 6.45) is 6.19. The third-order valence-electron chi connectivity index (χ3n) is 5.28. The summed E-state index contributed by atoms with van der Waals surface area (Å²) in [6, 6.07) is 8.55. The van der Waals surface area contributed by atoms with E-state index in [1.165, 1.54) is 19.3 Å². The number of nitrogens with one attached hydrogen (secondary N) is 2. The van der Waals surface area contributed by atoms with Gasteiger partial charge in [0.1, 0.15) is 0 Å². The third kappa shape index (κ3) is 3.19. The van der Waals surface area contributed by atoms with Crippen LogP contribution in [0, 0.1) is 0 Å². The van der Waals surface area contributed by atoms with Crippen molar-refractivity contribution in [2.45, 2.75) is 37.8 Å². The van der Waals surface area contributed by atoms with Gasteiger partial charge in [-0.05, 0) is 37.6 Å². The molecule has 0 radical (unpaired) electrons. The van der Waals surface area contributed by atoms with Crippen molar-refractivity contribution in [1.29, 1.82) is 0 Å². The Hall–Kier alpha value is -1.85. The van der Waals surface area contributed by atoms with Gasteiger partial charge in [0.15, 0.2) is 0 Å². The molecule has 1 amide bonds. The van der Waals surface area contributed by atoms with Crippen LogP contribution in [0.2, 0.25) is 0 Å². The molecule has 0 saturated carbocycles. The van der Waals surface area contributed by atoms with Gasteiger partial charge in [-0.1, -0.05) is 24.6 Å². The standard InChI is InChI=1S/C19H25N3O2/c23-19(10-14-11-20-16-7-3-2-6-15(14)16)21-17-12-24-13-18(17)22-8-4-1-5-9-22/h2-3,6-7,11,17-18,20H,1,4-5,8-10,12-13H2,(H,21,23)/t17-,18-/m0/s1. The lowest BCUT2D eigenvalue weighted by atomic mass is 10.0. The lowest BCUT2D eigenvalue weighted by Crippen LogP contribution is -2.52. The quantitative estimate of drug-likeness (QED) is 0.904. The summed E-state index contributed by atoms with van der Waals surface area (Å²) < 4.78 is 5.67. The van der Waals surface area contributed by atoms with Gasteiger partial charge in [-0.3, -0.25) is 9.69 Å². The fraction of sp³-hybridized carbons (Fsp3) is 0.526. The zero-order chi connectivity index (χ0) is 16.4. The Morgan fingerprint density at radius 3 is 2.92 bits per heavy atom. The van der Waals surface area contributed by atoms with Crippen LogP contribution in [0.25, 0.3) is 10.9 Å². The Labute approximate surface area is 142 Å². The molecule has 5 nitrogen and oxygen atoms in total. The van der Waals surface area contributed by atoms with Crippen LogP contribution in [-0.4, -0.2) is 54.2 Å². The van der Waals surface area contributed by atoms with E-state index in [2.05, 4.69) is 21.3 Å². The number of hydrogen-bond acceptors (Lipinski definition) is 3. The highest BCUT2D eigenvalue weighted by Crippen LogP contribution is 2.20. The largest absolute Gasteiger partial charge is 0.378 e. The van der Waals surface area contributed by atoms with Gasteiger partial charge in [0, 0.05) is 17.1 Å². The van der Waals surface area contributed by atoms with E-state index in [-0.39, 0.29) is 11.9 Å². The van der Waals surface area contributed by atoms with Gasteiger partial charge < -0.3 is 15.0 Å². The number of amides is 1. The Kier molecular flexibility index (Phi) is 4.54.